The molecule has 0 saturated carbocycles. The van der Waals surface area contributed by atoms with Crippen molar-refractivity contribution in [2.24, 2.45) is 0 Å². The topological polar surface area (TPSA) is 17.1 Å². The Bertz CT molecular complexity index is 356. The van der Waals surface area contributed by atoms with Crippen molar-refractivity contribution in [2.45, 2.75) is 58.3 Å². The second-order valence-corrected chi connectivity index (χ2v) is 5.87. The molecule has 2 heteroatoms. The number of Topliss-reactive ketones (excluding diaryl/α,β-unsaturated/α-hetero) is 1. The molecule has 0 N–H and O–H groups in total. The number of hydrogen-bond acceptors (Lipinski definition) is 1. The standard InChI is InChI=1S/C17H25BrO/c1-2-3-4-5-8-15-10-12-16(13-11-15)17(19)9-6-7-14-18/h10-13H,2-9,14H2,1H3. The lowest BCUT2D eigenvalue weighted by molar-refractivity contribution is 0.0980. The van der Waals surface area contributed by atoms with Crippen LogP contribution in [0.4, 0.5) is 0 Å². The van der Waals surface area contributed by atoms with Crippen molar-refractivity contribution in [3.05, 3.63) is 35.4 Å². The maximum atomic E-state index is 11.9. The summed E-state index contributed by atoms with van der Waals surface area (Å²) in [5.41, 5.74) is 2.22. The van der Waals surface area contributed by atoms with Gasteiger partial charge in [-0.15, -0.1) is 0 Å². The number of halogens is 1. The summed E-state index contributed by atoms with van der Waals surface area (Å²) in [5, 5.41) is 0.983. The lowest BCUT2D eigenvalue weighted by Gasteiger charge is -2.04. The van der Waals surface area contributed by atoms with Crippen LogP contribution in [0.15, 0.2) is 24.3 Å². The maximum absolute atomic E-state index is 11.9. The average Bonchev–Trinajstić information content (AvgIpc) is 2.44. The van der Waals surface area contributed by atoms with E-state index in [1.165, 1.54) is 31.2 Å². The van der Waals surface area contributed by atoms with Crippen LogP contribution in [-0.2, 0) is 6.42 Å². The number of carbonyl (C=O) groups excluding carboxylic acids is 1. The Morgan fingerprint density at radius 1 is 1.00 bits per heavy atom. The molecule has 0 radical (unpaired) electrons. The predicted octanol–water partition coefficient (Wildman–Crippen LogP) is 5.56. The van der Waals surface area contributed by atoms with Crippen LogP contribution in [0.5, 0.6) is 0 Å². The molecule has 0 bridgehead atoms. The van der Waals surface area contributed by atoms with E-state index in [0.29, 0.717) is 6.42 Å². The number of rotatable bonds is 10. The molecule has 0 saturated heterocycles. The van der Waals surface area contributed by atoms with Gasteiger partial charge in [-0.05, 0) is 31.2 Å². The molecule has 1 rings (SSSR count). The Hall–Kier alpha value is -0.630. The number of unbranched alkanes of at least 4 members (excludes halogenated alkanes) is 4. The van der Waals surface area contributed by atoms with Crippen LogP contribution in [0, 0.1) is 0 Å². The molecule has 0 atom stereocenters. The number of aryl methyl sites for hydroxylation is 1. The third-order valence-electron chi connectivity index (χ3n) is 3.38. The summed E-state index contributed by atoms with van der Waals surface area (Å²) in [6.45, 7) is 2.23. The summed E-state index contributed by atoms with van der Waals surface area (Å²) >= 11 is 3.39. The Morgan fingerprint density at radius 3 is 2.37 bits per heavy atom. The van der Waals surface area contributed by atoms with Gasteiger partial charge < -0.3 is 0 Å². The van der Waals surface area contributed by atoms with E-state index in [1.807, 2.05) is 12.1 Å². The summed E-state index contributed by atoms with van der Waals surface area (Å²) in [4.78, 5) is 11.9. The molecule has 19 heavy (non-hydrogen) atoms. The van der Waals surface area contributed by atoms with Gasteiger partial charge in [0.05, 0.1) is 0 Å². The highest BCUT2D eigenvalue weighted by molar-refractivity contribution is 9.09. The first kappa shape index (κ1) is 16.4. The van der Waals surface area contributed by atoms with Crippen molar-refractivity contribution < 1.29 is 4.79 Å². The van der Waals surface area contributed by atoms with Gasteiger partial charge in [0.2, 0.25) is 0 Å². The van der Waals surface area contributed by atoms with E-state index in [0.717, 1.165) is 30.2 Å². The van der Waals surface area contributed by atoms with Gasteiger partial charge in [-0.3, -0.25) is 4.79 Å². The molecule has 0 amide bonds. The molecule has 0 fully saturated rings. The van der Waals surface area contributed by atoms with E-state index in [-0.39, 0.29) is 5.78 Å². The minimum atomic E-state index is 0.276. The highest BCUT2D eigenvalue weighted by Crippen LogP contribution is 2.12. The number of alkyl halides is 1. The molecular weight excluding hydrogens is 300 g/mol. The van der Waals surface area contributed by atoms with Gasteiger partial charge in [-0.1, -0.05) is 66.4 Å². The lowest BCUT2D eigenvalue weighted by atomic mass is 10.0. The van der Waals surface area contributed by atoms with Crippen LogP contribution >= 0.6 is 15.9 Å². The summed E-state index contributed by atoms with van der Waals surface area (Å²) < 4.78 is 0. The van der Waals surface area contributed by atoms with Crippen molar-refractivity contribution >= 4 is 21.7 Å². The Labute approximate surface area is 125 Å². The molecule has 1 aromatic rings. The quantitative estimate of drug-likeness (QED) is 0.313. The normalized spacial score (nSPS) is 10.6. The van der Waals surface area contributed by atoms with Gasteiger partial charge in [-0.2, -0.15) is 0 Å². The maximum Gasteiger partial charge on any atom is 0.162 e. The summed E-state index contributed by atoms with van der Waals surface area (Å²) in [5.74, 6) is 0.276. The molecule has 1 aromatic carbocycles. The van der Waals surface area contributed by atoms with Crippen LogP contribution in [0.25, 0.3) is 0 Å². The van der Waals surface area contributed by atoms with Crippen molar-refractivity contribution in [1.29, 1.82) is 0 Å². The first-order chi connectivity index (χ1) is 9.27. The SMILES string of the molecule is CCCCCCc1ccc(C(=O)CCCCBr)cc1. The van der Waals surface area contributed by atoms with Gasteiger partial charge >= 0.3 is 0 Å². The zero-order chi connectivity index (χ0) is 13.9. The van der Waals surface area contributed by atoms with E-state index in [1.54, 1.807) is 0 Å². The molecule has 0 heterocycles. The molecule has 0 unspecified atom stereocenters. The number of hydrogen-bond donors (Lipinski definition) is 0. The van der Waals surface area contributed by atoms with Gasteiger partial charge in [0.15, 0.2) is 5.78 Å². The summed E-state index contributed by atoms with van der Waals surface area (Å²) in [6.07, 6.45) is 9.02. The van der Waals surface area contributed by atoms with Crippen LogP contribution in [0.2, 0.25) is 0 Å². The Balaban J connectivity index is 2.36. The van der Waals surface area contributed by atoms with Crippen molar-refractivity contribution in [3.8, 4) is 0 Å². The number of ketones is 1. The number of benzene rings is 1. The highest BCUT2D eigenvalue weighted by atomic mass is 79.9. The molecule has 106 valence electrons. The van der Waals surface area contributed by atoms with Crippen LogP contribution in [0.3, 0.4) is 0 Å². The highest BCUT2D eigenvalue weighted by Gasteiger charge is 2.05. The average molecular weight is 325 g/mol. The minimum absolute atomic E-state index is 0.276. The largest absolute Gasteiger partial charge is 0.294 e. The smallest absolute Gasteiger partial charge is 0.162 e. The molecule has 0 aliphatic heterocycles. The second-order valence-electron chi connectivity index (χ2n) is 5.08. The summed E-state index contributed by atoms with van der Waals surface area (Å²) in [6, 6.07) is 8.21. The zero-order valence-electron chi connectivity index (χ0n) is 12.0. The monoisotopic (exact) mass is 324 g/mol. The van der Waals surface area contributed by atoms with E-state index in [2.05, 4.69) is 35.0 Å². The fourth-order valence-electron chi connectivity index (χ4n) is 2.14. The molecule has 0 aliphatic rings. The van der Waals surface area contributed by atoms with Gasteiger partial charge in [0.25, 0.3) is 0 Å². The van der Waals surface area contributed by atoms with Crippen molar-refractivity contribution in [3.63, 3.8) is 0 Å². The lowest BCUT2D eigenvalue weighted by Crippen LogP contribution is -1.99. The fraction of sp³-hybridized carbons (Fsp3) is 0.588. The van der Waals surface area contributed by atoms with Crippen LogP contribution in [-0.4, -0.2) is 11.1 Å². The molecule has 1 nitrogen and oxygen atoms in total. The van der Waals surface area contributed by atoms with E-state index in [9.17, 15) is 4.79 Å². The van der Waals surface area contributed by atoms with Crippen LogP contribution < -0.4 is 0 Å². The first-order valence-corrected chi connectivity index (χ1v) is 8.58. The minimum Gasteiger partial charge on any atom is -0.294 e. The van der Waals surface area contributed by atoms with Gasteiger partial charge in [-0.25, -0.2) is 0 Å². The van der Waals surface area contributed by atoms with Gasteiger partial charge in [0, 0.05) is 17.3 Å². The third-order valence-corrected chi connectivity index (χ3v) is 3.94. The summed E-state index contributed by atoms with van der Waals surface area (Å²) in [7, 11) is 0. The predicted molar refractivity (Wildman–Crippen MR) is 86.3 cm³/mol. The third kappa shape index (κ3) is 6.91. The van der Waals surface area contributed by atoms with E-state index in [4.69, 9.17) is 0 Å². The van der Waals surface area contributed by atoms with E-state index < -0.39 is 0 Å². The molecule has 0 aromatic heterocycles. The van der Waals surface area contributed by atoms with E-state index >= 15 is 0 Å². The Kier molecular flexibility index (Phi) is 8.81. The molecule has 0 spiro atoms. The van der Waals surface area contributed by atoms with Crippen molar-refractivity contribution in [1.82, 2.24) is 0 Å². The molecular formula is C17H25BrO. The fourth-order valence-corrected chi connectivity index (χ4v) is 2.53. The van der Waals surface area contributed by atoms with Gasteiger partial charge in [0.1, 0.15) is 0 Å². The zero-order valence-corrected chi connectivity index (χ0v) is 13.5. The number of carbonyl (C=O) groups is 1. The molecule has 0 aliphatic carbocycles. The van der Waals surface area contributed by atoms with Crippen LogP contribution in [0.1, 0.15) is 67.8 Å². The van der Waals surface area contributed by atoms with Crippen molar-refractivity contribution in [2.75, 3.05) is 5.33 Å². The Morgan fingerprint density at radius 2 is 1.74 bits per heavy atom. The first-order valence-electron chi connectivity index (χ1n) is 7.46. The second kappa shape index (κ2) is 10.2.